The molecule has 0 heterocycles. The number of sulfonamides is 1. The number of ether oxygens (including phenoxy) is 1. The summed E-state index contributed by atoms with van der Waals surface area (Å²) >= 11 is 3.20. The summed E-state index contributed by atoms with van der Waals surface area (Å²) < 4.78 is 32.4. The van der Waals surface area contributed by atoms with Crippen molar-refractivity contribution in [2.24, 2.45) is 0 Å². The molecule has 2 N–H and O–H groups in total. The van der Waals surface area contributed by atoms with E-state index in [1.54, 1.807) is 42.5 Å². The quantitative estimate of drug-likeness (QED) is 0.731. The van der Waals surface area contributed by atoms with E-state index in [1.807, 2.05) is 0 Å². The number of nitrogens with one attached hydrogen (secondary N) is 2. The summed E-state index contributed by atoms with van der Waals surface area (Å²) in [6.07, 6.45) is 0.00172. The molecule has 0 spiro atoms. The molecule has 0 radical (unpaired) electrons. The lowest BCUT2D eigenvalue weighted by Crippen LogP contribution is -2.28. The second-order valence-electron chi connectivity index (χ2n) is 4.83. The summed E-state index contributed by atoms with van der Waals surface area (Å²) in [6, 6.07) is 13.5. The summed E-state index contributed by atoms with van der Waals surface area (Å²) in [5.41, 5.74) is 0.540. The van der Waals surface area contributed by atoms with Gasteiger partial charge in [-0.1, -0.05) is 24.3 Å². The van der Waals surface area contributed by atoms with Crippen LogP contribution in [0.15, 0.2) is 57.9 Å². The lowest BCUT2D eigenvalue weighted by molar-refractivity contribution is -0.116. The molecule has 0 saturated carbocycles. The fourth-order valence-electron chi connectivity index (χ4n) is 2.00. The molecule has 2 rings (SSSR count). The highest BCUT2D eigenvalue weighted by Gasteiger charge is 2.17. The molecule has 0 bridgehead atoms. The van der Waals surface area contributed by atoms with Gasteiger partial charge in [0, 0.05) is 17.4 Å². The van der Waals surface area contributed by atoms with E-state index in [4.69, 9.17) is 4.74 Å². The van der Waals surface area contributed by atoms with Crippen LogP contribution >= 0.6 is 15.9 Å². The number of carbonyl (C=O) groups excluding carboxylic acids is 1. The molecule has 0 aromatic heterocycles. The normalized spacial score (nSPS) is 11.1. The first-order chi connectivity index (χ1) is 11.4. The van der Waals surface area contributed by atoms with Crippen molar-refractivity contribution in [3.63, 3.8) is 0 Å². The van der Waals surface area contributed by atoms with Crippen molar-refractivity contribution >= 4 is 37.5 Å². The van der Waals surface area contributed by atoms with Gasteiger partial charge in [0.25, 0.3) is 0 Å². The Kier molecular flexibility index (Phi) is 6.36. The SMILES string of the molecule is COc1ccccc1NC(=O)CCNS(=O)(=O)c1ccccc1Br. The zero-order valence-corrected chi connectivity index (χ0v) is 15.4. The van der Waals surface area contributed by atoms with Crippen LogP contribution in [0.3, 0.4) is 0 Å². The Hall–Kier alpha value is -1.90. The number of hydrogen-bond acceptors (Lipinski definition) is 4. The topological polar surface area (TPSA) is 84.5 Å². The molecule has 1 amide bonds. The maximum Gasteiger partial charge on any atom is 0.241 e. The number of amides is 1. The Labute approximate surface area is 149 Å². The third kappa shape index (κ3) is 4.80. The molecule has 0 aliphatic rings. The van der Waals surface area contributed by atoms with Crippen molar-refractivity contribution in [2.45, 2.75) is 11.3 Å². The molecule has 0 unspecified atom stereocenters. The zero-order chi connectivity index (χ0) is 17.6. The molecule has 128 valence electrons. The molecule has 2 aromatic carbocycles. The molecule has 6 nitrogen and oxygen atoms in total. The van der Waals surface area contributed by atoms with E-state index in [1.165, 1.54) is 13.2 Å². The fraction of sp³-hybridized carbons (Fsp3) is 0.188. The molecule has 0 saturated heterocycles. The van der Waals surface area contributed by atoms with Gasteiger partial charge in [0.1, 0.15) is 5.75 Å². The lowest BCUT2D eigenvalue weighted by Gasteiger charge is -2.11. The molecule has 24 heavy (non-hydrogen) atoms. The molecule has 0 atom stereocenters. The van der Waals surface area contributed by atoms with Crippen LogP contribution in [0, 0.1) is 0 Å². The summed E-state index contributed by atoms with van der Waals surface area (Å²) in [6.45, 7) is -0.00928. The van der Waals surface area contributed by atoms with E-state index >= 15 is 0 Å². The van der Waals surface area contributed by atoms with Gasteiger partial charge in [-0.05, 0) is 40.2 Å². The van der Waals surface area contributed by atoms with E-state index in [0.29, 0.717) is 15.9 Å². The number of rotatable bonds is 7. The second kappa shape index (κ2) is 8.27. The van der Waals surface area contributed by atoms with Gasteiger partial charge in [-0.2, -0.15) is 0 Å². The summed E-state index contributed by atoms with van der Waals surface area (Å²) in [5, 5.41) is 2.69. The molecule has 0 fully saturated rings. The Balaban J connectivity index is 1.92. The van der Waals surface area contributed by atoms with Gasteiger partial charge >= 0.3 is 0 Å². The van der Waals surface area contributed by atoms with E-state index < -0.39 is 10.0 Å². The van der Waals surface area contributed by atoms with Crippen LogP contribution in [-0.4, -0.2) is 28.0 Å². The fourth-order valence-corrected chi connectivity index (χ4v) is 4.03. The Morgan fingerprint density at radius 3 is 2.50 bits per heavy atom. The number of anilines is 1. The summed E-state index contributed by atoms with van der Waals surface area (Å²) in [7, 11) is -2.16. The zero-order valence-electron chi connectivity index (χ0n) is 13.0. The maximum absolute atomic E-state index is 12.2. The number of hydrogen-bond donors (Lipinski definition) is 2. The minimum absolute atomic E-state index is 0.00172. The van der Waals surface area contributed by atoms with E-state index in [-0.39, 0.29) is 23.8 Å². The number of benzene rings is 2. The van der Waals surface area contributed by atoms with E-state index in [0.717, 1.165) is 0 Å². The predicted molar refractivity (Wildman–Crippen MR) is 95.6 cm³/mol. The third-order valence-corrected chi connectivity index (χ3v) is 5.62. The molecular weight excluding hydrogens is 396 g/mol. The number of halogens is 1. The molecule has 0 aliphatic heterocycles. The van der Waals surface area contributed by atoms with Crippen LogP contribution in [0.4, 0.5) is 5.69 Å². The van der Waals surface area contributed by atoms with Crippen LogP contribution in [0.1, 0.15) is 6.42 Å². The average molecular weight is 413 g/mol. The first-order valence-corrected chi connectivity index (χ1v) is 9.39. The van der Waals surface area contributed by atoms with Gasteiger partial charge in [-0.15, -0.1) is 0 Å². The number of methoxy groups -OCH3 is 1. The number of para-hydroxylation sites is 2. The third-order valence-electron chi connectivity index (χ3n) is 3.15. The van der Waals surface area contributed by atoms with Gasteiger partial charge in [-0.3, -0.25) is 4.79 Å². The van der Waals surface area contributed by atoms with Crippen LogP contribution in [0.25, 0.3) is 0 Å². The van der Waals surface area contributed by atoms with Crippen LogP contribution in [0.5, 0.6) is 5.75 Å². The Morgan fingerprint density at radius 2 is 1.79 bits per heavy atom. The second-order valence-corrected chi connectivity index (χ2v) is 7.42. The maximum atomic E-state index is 12.2. The highest BCUT2D eigenvalue weighted by Crippen LogP contribution is 2.23. The predicted octanol–water partition coefficient (Wildman–Crippen LogP) is 2.76. The van der Waals surface area contributed by atoms with Gasteiger partial charge in [0.15, 0.2) is 0 Å². The van der Waals surface area contributed by atoms with Gasteiger partial charge < -0.3 is 10.1 Å². The van der Waals surface area contributed by atoms with Gasteiger partial charge in [0.05, 0.1) is 17.7 Å². The molecule has 8 heteroatoms. The molecular formula is C16H17BrN2O4S. The van der Waals surface area contributed by atoms with Crippen LogP contribution < -0.4 is 14.8 Å². The minimum atomic E-state index is -3.67. The average Bonchev–Trinajstić information content (AvgIpc) is 2.55. The largest absolute Gasteiger partial charge is 0.495 e. The number of carbonyl (C=O) groups is 1. The highest BCUT2D eigenvalue weighted by atomic mass is 79.9. The minimum Gasteiger partial charge on any atom is -0.495 e. The van der Waals surface area contributed by atoms with Crippen molar-refractivity contribution in [2.75, 3.05) is 19.0 Å². The van der Waals surface area contributed by atoms with Crippen LogP contribution in [-0.2, 0) is 14.8 Å². The smallest absolute Gasteiger partial charge is 0.241 e. The van der Waals surface area contributed by atoms with Crippen molar-refractivity contribution in [1.29, 1.82) is 0 Å². The first-order valence-electron chi connectivity index (χ1n) is 7.11. The van der Waals surface area contributed by atoms with Crippen LogP contribution in [0.2, 0.25) is 0 Å². The summed E-state index contributed by atoms with van der Waals surface area (Å²) in [4.78, 5) is 12.1. The Bertz CT molecular complexity index is 824. The van der Waals surface area contributed by atoms with E-state index in [2.05, 4.69) is 26.0 Å². The standard InChI is InChI=1S/C16H17BrN2O4S/c1-23-14-8-4-3-7-13(14)19-16(20)10-11-18-24(21,22)15-9-5-2-6-12(15)17/h2-9,18H,10-11H2,1H3,(H,19,20). The summed E-state index contributed by atoms with van der Waals surface area (Å²) in [5.74, 6) is 0.231. The van der Waals surface area contributed by atoms with Crippen molar-refractivity contribution < 1.29 is 17.9 Å². The lowest BCUT2D eigenvalue weighted by atomic mass is 10.3. The Morgan fingerprint density at radius 1 is 1.12 bits per heavy atom. The van der Waals surface area contributed by atoms with Crippen molar-refractivity contribution in [3.05, 3.63) is 53.0 Å². The first kappa shape index (κ1) is 18.4. The van der Waals surface area contributed by atoms with Crippen molar-refractivity contribution in [3.8, 4) is 5.75 Å². The molecule has 0 aliphatic carbocycles. The molecule has 2 aromatic rings. The van der Waals surface area contributed by atoms with Gasteiger partial charge in [-0.25, -0.2) is 13.1 Å². The monoisotopic (exact) mass is 412 g/mol. The van der Waals surface area contributed by atoms with E-state index in [9.17, 15) is 13.2 Å². The van der Waals surface area contributed by atoms with Crippen molar-refractivity contribution in [1.82, 2.24) is 4.72 Å². The van der Waals surface area contributed by atoms with Gasteiger partial charge in [0.2, 0.25) is 15.9 Å². The highest BCUT2D eigenvalue weighted by molar-refractivity contribution is 9.10.